The number of hydrogen-bond donors (Lipinski definition) is 5. The number of rotatable bonds is 51. The van der Waals surface area contributed by atoms with Crippen molar-refractivity contribution in [3.8, 4) is 0 Å². The van der Waals surface area contributed by atoms with Gasteiger partial charge in [0.2, 0.25) is 23.6 Å². The van der Waals surface area contributed by atoms with Crippen molar-refractivity contribution in [2.75, 3.05) is 184 Å². The zero-order valence-electron chi connectivity index (χ0n) is 48.6. The van der Waals surface area contributed by atoms with E-state index in [9.17, 15) is 33.6 Å². The number of urea groups is 1. The number of anilines is 1. The molecule has 462 valence electrons. The lowest BCUT2D eigenvalue weighted by Crippen LogP contribution is -2.55. The molecule has 0 aliphatic carbocycles. The first-order valence-corrected chi connectivity index (χ1v) is 27.7. The van der Waals surface area contributed by atoms with E-state index in [1.54, 1.807) is 33.1 Å². The molecule has 0 bridgehead atoms. The maximum absolute atomic E-state index is 13.8. The van der Waals surface area contributed by atoms with Gasteiger partial charge in [0.15, 0.2) is 0 Å². The Kier molecular flexibility index (Phi) is 40.2. The van der Waals surface area contributed by atoms with Crippen molar-refractivity contribution in [2.24, 2.45) is 17.1 Å². The summed E-state index contributed by atoms with van der Waals surface area (Å²) in [6.07, 6.45) is 2.31. The van der Waals surface area contributed by atoms with Crippen molar-refractivity contribution in [1.29, 1.82) is 0 Å². The predicted molar refractivity (Wildman–Crippen MR) is 297 cm³/mol. The SMILES string of the molecule is COCCOCCOCCOCCOCCOCCOCCOCCOCCOCCOCCN(CCC(=O)N[C@H](C(=O)N[C@@H](CCCNC(N)=O)C(=O)Nc1ccc(COCC(C)(C)C)cc1)C(C)C)C(=O)CN1C(=O)C=CC1=O. The monoisotopic (exact) mass is 1160 g/mol. The third kappa shape index (κ3) is 37.5. The topological polar surface area (TPSA) is 311 Å². The van der Waals surface area contributed by atoms with Gasteiger partial charge in [0, 0.05) is 51.0 Å². The number of ether oxygens (including phenoxy) is 12. The third-order valence-corrected chi connectivity index (χ3v) is 11.3. The van der Waals surface area contributed by atoms with Gasteiger partial charge in [-0.25, -0.2) is 4.79 Å². The molecule has 0 spiro atoms. The van der Waals surface area contributed by atoms with Crippen molar-refractivity contribution in [1.82, 2.24) is 25.8 Å². The van der Waals surface area contributed by atoms with Crippen molar-refractivity contribution >= 4 is 47.2 Å². The quantitative estimate of drug-likeness (QED) is 0.0452. The molecule has 2 atom stereocenters. The van der Waals surface area contributed by atoms with Crippen molar-refractivity contribution < 1.29 is 90.4 Å². The van der Waals surface area contributed by atoms with Crippen LogP contribution in [0.5, 0.6) is 0 Å². The Morgan fingerprint density at radius 3 is 1.46 bits per heavy atom. The average Bonchev–Trinajstić information content (AvgIpc) is 3.74. The molecule has 1 aromatic carbocycles. The Hall–Kier alpha value is -5.23. The first-order valence-electron chi connectivity index (χ1n) is 27.7. The highest BCUT2D eigenvalue weighted by Gasteiger charge is 2.31. The lowest BCUT2D eigenvalue weighted by atomic mass is 9.99. The largest absolute Gasteiger partial charge is 0.382 e. The highest BCUT2D eigenvalue weighted by molar-refractivity contribution is 6.14. The van der Waals surface area contributed by atoms with Gasteiger partial charge >= 0.3 is 6.03 Å². The molecule has 0 saturated heterocycles. The molecular formula is C55H93N7O19. The van der Waals surface area contributed by atoms with Crippen molar-refractivity contribution in [3.63, 3.8) is 0 Å². The van der Waals surface area contributed by atoms with E-state index in [2.05, 4.69) is 42.0 Å². The standard InChI is InChI=1S/C55H93N7O19/c1-43(2)51(53(68)59-46(8-7-16-57-54(56)69)52(67)58-45-11-9-44(10-12-45)41-81-42-55(3,4)5)60-47(63)15-17-61(50(66)40-62-48(64)13-14-49(62)65)18-19-71-22-23-73-26-27-75-30-31-77-34-35-79-38-39-80-37-36-78-33-32-76-29-28-74-25-24-72-21-20-70-6/h9-14,43,46,51H,7-8,15-42H2,1-6H3,(H,58,67)(H,59,68)(H,60,63)(H3,56,57,69)/t46-,51-/m0/s1. The summed E-state index contributed by atoms with van der Waals surface area (Å²) in [6, 6.07) is 4.24. The van der Waals surface area contributed by atoms with Crippen LogP contribution in [0.1, 0.15) is 59.4 Å². The molecule has 0 saturated carbocycles. The molecule has 26 heteroatoms. The van der Waals surface area contributed by atoms with Crippen LogP contribution in [-0.2, 0) is 92.2 Å². The molecule has 1 aliphatic rings. The van der Waals surface area contributed by atoms with Gasteiger partial charge in [-0.1, -0.05) is 46.8 Å². The summed E-state index contributed by atoms with van der Waals surface area (Å²) < 4.78 is 65.7. The molecule has 26 nitrogen and oxygen atoms in total. The number of hydrogen-bond acceptors (Lipinski definition) is 19. The second-order valence-corrected chi connectivity index (χ2v) is 19.9. The summed E-state index contributed by atoms with van der Waals surface area (Å²) in [5.74, 6) is -4.01. The van der Waals surface area contributed by atoms with Crippen LogP contribution in [0.2, 0.25) is 0 Å². The molecule has 1 heterocycles. The second kappa shape index (κ2) is 45.3. The van der Waals surface area contributed by atoms with Crippen LogP contribution in [0.3, 0.4) is 0 Å². The Morgan fingerprint density at radius 1 is 0.593 bits per heavy atom. The van der Waals surface area contributed by atoms with Crippen LogP contribution in [0, 0.1) is 11.3 Å². The number of benzene rings is 1. The van der Waals surface area contributed by atoms with Gasteiger partial charge in [0.05, 0.1) is 152 Å². The van der Waals surface area contributed by atoms with Crippen molar-refractivity contribution in [3.05, 3.63) is 42.0 Å². The smallest absolute Gasteiger partial charge is 0.312 e. The summed E-state index contributed by atoms with van der Waals surface area (Å²) in [6.45, 7) is 18.7. The van der Waals surface area contributed by atoms with Gasteiger partial charge in [-0.3, -0.25) is 33.7 Å². The molecule has 0 radical (unpaired) electrons. The van der Waals surface area contributed by atoms with Gasteiger partial charge in [0.25, 0.3) is 11.8 Å². The minimum Gasteiger partial charge on any atom is -0.382 e. The molecule has 2 rings (SSSR count). The highest BCUT2D eigenvalue weighted by Crippen LogP contribution is 2.17. The maximum Gasteiger partial charge on any atom is 0.312 e. The van der Waals surface area contributed by atoms with Gasteiger partial charge in [-0.2, -0.15) is 0 Å². The van der Waals surface area contributed by atoms with E-state index in [0.717, 1.165) is 22.6 Å². The minimum absolute atomic E-state index is 0.00842. The van der Waals surface area contributed by atoms with Crippen LogP contribution < -0.4 is 27.0 Å². The zero-order valence-corrected chi connectivity index (χ0v) is 48.6. The molecule has 8 amide bonds. The molecule has 1 aromatic rings. The van der Waals surface area contributed by atoms with E-state index < -0.39 is 66.0 Å². The molecule has 81 heavy (non-hydrogen) atoms. The minimum atomic E-state index is -1.08. The summed E-state index contributed by atoms with van der Waals surface area (Å²) in [5.41, 5.74) is 6.62. The predicted octanol–water partition coefficient (Wildman–Crippen LogP) is 1.22. The second-order valence-electron chi connectivity index (χ2n) is 19.9. The number of nitrogens with two attached hydrogens (primary N) is 1. The van der Waals surface area contributed by atoms with Crippen LogP contribution in [0.4, 0.5) is 10.5 Å². The number of carbonyl (C=O) groups is 7. The summed E-state index contributed by atoms with van der Waals surface area (Å²) in [7, 11) is 1.63. The maximum atomic E-state index is 13.8. The van der Waals surface area contributed by atoms with Crippen LogP contribution >= 0.6 is 0 Å². The third-order valence-electron chi connectivity index (χ3n) is 11.3. The number of methoxy groups -OCH3 is 1. The molecule has 0 unspecified atom stereocenters. The lowest BCUT2D eigenvalue weighted by molar-refractivity contribution is -0.145. The highest BCUT2D eigenvalue weighted by atomic mass is 16.6. The number of nitrogens with zero attached hydrogens (tertiary/aromatic N) is 2. The molecule has 6 N–H and O–H groups in total. The Morgan fingerprint density at radius 2 is 1.04 bits per heavy atom. The average molecular weight is 1160 g/mol. The van der Waals surface area contributed by atoms with Crippen molar-refractivity contribution in [2.45, 2.75) is 72.6 Å². The zero-order chi connectivity index (χ0) is 59.4. The van der Waals surface area contributed by atoms with Gasteiger partial charge in [0.1, 0.15) is 18.6 Å². The fourth-order valence-corrected chi connectivity index (χ4v) is 7.04. The van der Waals surface area contributed by atoms with Crippen LogP contribution in [-0.4, -0.2) is 242 Å². The summed E-state index contributed by atoms with van der Waals surface area (Å²) in [4.78, 5) is 92.2. The van der Waals surface area contributed by atoms with E-state index >= 15 is 0 Å². The van der Waals surface area contributed by atoms with Crippen LogP contribution in [0.15, 0.2) is 36.4 Å². The summed E-state index contributed by atoms with van der Waals surface area (Å²) >= 11 is 0. The Balaban J connectivity index is 1.68. The molecule has 0 aromatic heterocycles. The number of imide groups is 1. The van der Waals surface area contributed by atoms with Gasteiger partial charge in [-0.15, -0.1) is 0 Å². The summed E-state index contributed by atoms with van der Waals surface area (Å²) in [5, 5.41) is 10.8. The van der Waals surface area contributed by atoms with Gasteiger partial charge < -0.3 is 88.7 Å². The van der Waals surface area contributed by atoms with Gasteiger partial charge in [-0.05, 0) is 41.9 Å². The fourth-order valence-electron chi connectivity index (χ4n) is 7.04. The Labute approximate surface area is 477 Å². The normalized spacial score (nSPS) is 13.2. The van der Waals surface area contributed by atoms with E-state index in [0.29, 0.717) is 144 Å². The molecular weight excluding hydrogens is 1060 g/mol. The fraction of sp³-hybridized carbons (Fsp3) is 0.727. The Bertz CT molecular complexity index is 1920. The lowest BCUT2D eigenvalue weighted by Gasteiger charge is -2.27. The van der Waals surface area contributed by atoms with E-state index in [-0.39, 0.29) is 57.7 Å². The van der Waals surface area contributed by atoms with Crippen LogP contribution in [0.25, 0.3) is 0 Å². The molecule has 0 fully saturated rings. The van der Waals surface area contributed by atoms with E-state index in [4.69, 9.17) is 62.6 Å². The van der Waals surface area contributed by atoms with E-state index in [1.165, 1.54) is 4.90 Å². The number of nitrogens with one attached hydrogen (secondary N) is 4. The number of amides is 8. The number of carbonyl (C=O) groups excluding carboxylic acids is 7. The first-order chi connectivity index (χ1) is 39.0. The van der Waals surface area contributed by atoms with E-state index in [1.807, 2.05) is 12.1 Å². The molecule has 1 aliphatic heterocycles. The number of primary amides is 1. The first kappa shape index (κ1) is 71.9.